The highest BCUT2D eigenvalue weighted by Gasteiger charge is 2.42. The Balaban J connectivity index is 1.28. The number of halogens is 2. The summed E-state index contributed by atoms with van der Waals surface area (Å²) >= 11 is 5.92. The summed E-state index contributed by atoms with van der Waals surface area (Å²) < 4.78 is 20.9. The van der Waals surface area contributed by atoms with E-state index in [0.29, 0.717) is 29.5 Å². The number of ether oxygens (including phenoxy) is 1. The average Bonchev–Trinajstić information content (AvgIpc) is 3.15. The molecule has 2 aromatic heterocycles. The molecule has 1 saturated heterocycles. The van der Waals surface area contributed by atoms with Crippen molar-refractivity contribution in [2.75, 3.05) is 18.0 Å². The predicted octanol–water partition coefficient (Wildman–Crippen LogP) is 4.20. The average molecular weight is 443 g/mol. The molecule has 2 aliphatic rings. The Hall–Kier alpha value is -2.74. The molecule has 1 aromatic carbocycles. The van der Waals surface area contributed by atoms with Crippen molar-refractivity contribution in [3.05, 3.63) is 53.0 Å². The number of piperidine rings is 1. The third kappa shape index (κ3) is 4.21. The van der Waals surface area contributed by atoms with Gasteiger partial charge in [0.05, 0.1) is 0 Å². The quantitative estimate of drug-likeness (QED) is 0.589. The molecule has 1 unspecified atom stereocenters. The van der Waals surface area contributed by atoms with E-state index in [-0.39, 0.29) is 5.02 Å². The van der Waals surface area contributed by atoms with Gasteiger partial charge < -0.3 is 9.64 Å². The van der Waals surface area contributed by atoms with Crippen LogP contribution in [0.2, 0.25) is 5.02 Å². The Morgan fingerprint density at radius 1 is 1.13 bits per heavy atom. The molecule has 9 heteroatoms. The van der Waals surface area contributed by atoms with Crippen molar-refractivity contribution in [2.24, 2.45) is 24.8 Å². The van der Waals surface area contributed by atoms with E-state index >= 15 is 0 Å². The predicted molar refractivity (Wildman–Crippen MR) is 115 cm³/mol. The van der Waals surface area contributed by atoms with Gasteiger partial charge in [-0.15, -0.1) is 0 Å². The van der Waals surface area contributed by atoms with Crippen molar-refractivity contribution in [3.8, 4) is 11.8 Å². The van der Waals surface area contributed by atoms with E-state index in [4.69, 9.17) is 16.3 Å². The van der Waals surface area contributed by atoms with Crippen LogP contribution in [0.15, 0.2) is 30.6 Å². The van der Waals surface area contributed by atoms with Crippen molar-refractivity contribution >= 4 is 17.4 Å². The molecule has 0 radical (unpaired) electrons. The van der Waals surface area contributed by atoms with Gasteiger partial charge in [-0.05, 0) is 49.7 Å². The molecule has 1 aliphatic carbocycles. The zero-order valence-electron chi connectivity index (χ0n) is 17.5. The van der Waals surface area contributed by atoms with Crippen LogP contribution < -0.4 is 9.64 Å². The van der Waals surface area contributed by atoms with Gasteiger partial charge in [-0.1, -0.05) is 11.6 Å². The number of fused-ring (bicyclic) bond motifs is 2. The fraction of sp³-hybridized carbons (Fsp3) is 0.455. The Morgan fingerprint density at radius 2 is 1.90 bits per heavy atom. The summed E-state index contributed by atoms with van der Waals surface area (Å²) in [5, 5.41) is 4.83. The molecule has 2 fully saturated rings. The van der Waals surface area contributed by atoms with E-state index in [1.165, 1.54) is 25.0 Å². The molecule has 1 saturated carbocycles. The van der Waals surface area contributed by atoms with Crippen LogP contribution >= 0.6 is 11.6 Å². The minimum atomic E-state index is -0.452. The van der Waals surface area contributed by atoms with Crippen LogP contribution in [0.3, 0.4) is 0 Å². The second kappa shape index (κ2) is 8.07. The molecule has 0 N–H and O–H groups in total. The molecule has 1 aliphatic heterocycles. The molecule has 5 rings (SSSR count). The lowest BCUT2D eigenvalue weighted by Crippen LogP contribution is -2.43. The normalized spacial score (nSPS) is 22.7. The smallest absolute Gasteiger partial charge is 0.320 e. The van der Waals surface area contributed by atoms with Crippen LogP contribution in [0.25, 0.3) is 0 Å². The van der Waals surface area contributed by atoms with Gasteiger partial charge in [0.1, 0.15) is 23.7 Å². The van der Waals surface area contributed by atoms with Gasteiger partial charge >= 0.3 is 6.01 Å². The molecule has 0 amide bonds. The first-order valence-electron chi connectivity index (χ1n) is 10.5. The van der Waals surface area contributed by atoms with Crippen molar-refractivity contribution in [2.45, 2.75) is 26.2 Å². The van der Waals surface area contributed by atoms with E-state index in [0.717, 1.165) is 36.8 Å². The van der Waals surface area contributed by atoms with Gasteiger partial charge in [-0.3, -0.25) is 0 Å². The fourth-order valence-electron chi connectivity index (χ4n) is 4.97. The molecule has 2 bridgehead atoms. The van der Waals surface area contributed by atoms with Crippen LogP contribution in [0, 0.1) is 30.5 Å². The standard InChI is InChI=1S/C22H24ClFN6O/c1-13-5-21(26-12-25-13)30-10-14-3-4-15(11-30)19(14)9-20-27-22(29(2)28-20)31-18-7-16(23)6-17(24)8-18/h5-8,12,14-15,19H,3-4,9-11H2,1-2H3/t14-,15+,19?. The van der Waals surface area contributed by atoms with Crippen molar-refractivity contribution in [1.29, 1.82) is 0 Å². The first-order valence-corrected chi connectivity index (χ1v) is 10.9. The number of nitrogens with zero attached hydrogens (tertiary/aromatic N) is 6. The Kier molecular flexibility index (Phi) is 5.25. The van der Waals surface area contributed by atoms with E-state index < -0.39 is 5.82 Å². The molecule has 3 aromatic rings. The first kappa shape index (κ1) is 20.2. The van der Waals surface area contributed by atoms with Crippen molar-refractivity contribution in [1.82, 2.24) is 24.7 Å². The van der Waals surface area contributed by atoms with Gasteiger partial charge in [0, 0.05) is 49.4 Å². The summed E-state index contributed by atoms with van der Waals surface area (Å²) in [4.78, 5) is 15.6. The van der Waals surface area contributed by atoms with Crippen LogP contribution in [0.1, 0.15) is 24.4 Å². The summed E-state index contributed by atoms with van der Waals surface area (Å²) in [7, 11) is 1.78. The maximum Gasteiger partial charge on any atom is 0.320 e. The van der Waals surface area contributed by atoms with E-state index in [2.05, 4.69) is 31.0 Å². The first-order chi connectivity index (χ1) is 14.9. The van der Waals surface area contributed by atoms with Gasteiger partial charge in [0.15, 0.2) is 5.82 Å². The number of benzene rings is 1. The zero-order valence-corrected chi connectivity index (χ0v) is 18.3. The van der Waals surface area contributed by atoms with Crippen LogP contribution in [0.5, 0.6) is 11.8 Å². The summed E-state index contributed by atoms with van der Waals surface area (Å²) in [5.41, 5.74) is 0.990. The number of anilines is 1. The minimum absolute atomic E-state index is 0.277. The van der Waals surface area contributed by atoms with Crippen LogP contribution in [-0.4, -0.2) is 37.8 Å². The van der Waals surface area contributed by atoms with Crippen molar-refractivity contribution < 1.29 is 9.13 Å². The lowest BCUT2D eigenvalue weighted by Gasteiger charge is -2.38. The highest BCUT2D eigenvalue weighted by Crippen LogP contribution is 2.44. The second-order valence-electron chi connectivity index (χ2n) is 8.53. The minimum Gasteiger partial charge on any atom is -0.424 e. The summed E-state index contributed by atoms with van der Waals surface area (Å²) in [6.45, 7) is 3.99. The number of hydrogen-bond acceptors (Lipinski definition) is 6. The van der Waals surface area contributed by atoms with Crippen LogP contribution in [-0.2, 0) is 13.5 Å². The van der Waals surface area contributed by atoms with Gasteiger partial charge in [-0.25, -0.2) is 19.0 Å². The Morgan fingerprint density at radius 3 is 2.61 bits per heavy atom. The van der Waals surface area contributed by atoms with E-state index in [1.807, 2.05) is 6.92 Å². The molecular formula is C22H24ClFN6O. The number of rotatable bonds is 5. The Bertz CT molecular complexity index is 1070. The largest absolute Gasteiger partial charge is 0.424 e. The number of aryl methyl sites for hydroxylation is 2. The third-order valence-corrected chi connectivity index (χ3v) is 6.59. The summed E-state index contributed by atoms with van der Waals surface area (Å²) in [6, 6.07) is 6.47. The molecule has 7 nitrogen and oxygen atoms in total. The van der Waals surface area contributed by atoms with E-state index in [1.54, 1.807) is 24.1 Å². The molecule has 3 atom stereocenters. The molecular weight excluding hydrogens is 419 g/mol. The van der Waals surface area contributed by atoms with E-state index in [9.17, 15) is 4.39 Å². The topological polar surface area (TPSA) is 69.0 Å². The SMILES string of the molecule is Cc1cc(N2C[C@H]3CC[C@@H](C2)C3Cc2nc(Oc3cc(F)cc(Cl)c3)n(C)n2)ncn1. The monoisotopic (exact) mass is 442 g/mol. The number of hydrogen-bond donors (Lipinski definition) is 0. The lowest BCUT2D eigenvalue weighted by atomic mass is 9.82. The molecule has 162 valence electrons. The van der Waals surface area contributed by atoms with Crippen LogP contribution in [0.4, 0.5) is 10.2 Å². The van der Waals surface area contributed by atoms with Gasteiger partial charge in [0.2, 0.25) is 0 Å². The highest BCUT2D eigenvalue weighted by molar-refractivity contribution is 6.30. The molecule has 0 spiro atoms. The molecule has 31 heavy (non-hydrogen) atoms. The summed E-state index contributed by atoms with van der Waals surface area (Å²) in [6.07, 6.45) is 4.89. The maximum absolute atomic E-state index is 13.6. The van der Waals surface area contributed by atoms with Gasteiger partial charge in [0.25, 0.3) is 0 Å². The third-order valence-electron chi connectivity index (χ3n) is 6.37. The fourth-order valence-corrected chi connectivity index (χ4v) is 5.18. The maximum atomic E-state index is 13.6. The number of aromatic nitrogens is 5. The highest BCUT2D eigenvalue weighted by atomic mass is 35.5. The van der Waals surface area contributed by atoms with Crippen molar-refractivity contribution in [3.63, 3.8) is 0 Å². The molecule has 3 heterocycles. The van der Waals surface area contributed by atoms with Gasteiger partial charge in [-0.2, -0.15) is 10.1 Å². The zero-order chi connectivity index (χ0) is 21.5. The second-order valence-corrected chi connectivity index (χ2v) is 8.97. The Labute approximate surface area is 185 Å². The summed E-state index contributed by atoms with van der Waals surface area (Å²) in [5.74, 6) is 3.34. The lowest BCUT2D eigenvalue weighted by molar-refractivity contribution is 0.264.